The van der Waals surface area contributed by atoms with E-state index in [2.05, 4.69) is 24.7 Å². The van der Waals surface area contributed by atoms with E-state index in [9.17, 15) is 13.5 Å². The molecule has 0 bridgehead atoms. The number of nitrogens with one attached hydrogen (secondary N) is 1. The predicted octanol–water partition coefficient (Wildman–Crippen LogP) is 1.61. The Kier molecular flexibility index (Phi) is 6.75. The molecule has 1 aromatic carbocycles. The molecular formula is C21H22N6O6S. The van der Waals surface area contributed by atoms with Crippen molar-refractivity contribution >= 4 is 22.2 Å². The third-order valence-electron chi connectivity index (χ3n) is 4.79. The Bertz CT molecular complexity index is 1390. The van der Waals surface area contributed by atoms with Gasteiger partial charge in [0.15, 0.2) is 11.5 Å². The SMILES string of the molecule is CCOc1cccc(-c2nc3nc(O)c(CN[SH](=O)=O)nc3n2-c2c(OC)cccc2OC)n1. The Hall–Kier alpha value is -3.97. The van der Waals surface area contributed by atoms with E-state index in [1.165, 1.54) is 14.2 Å². The number of aromatic hydroxyl groups is 1. The molecule has 0 fully saturated rings. The van der Waals surface area contributed by atoms with E-state index in [0.29, 0.717) is 41.2 Å². The van der Waals surface area contributed by atoms with Crippen molar-refractivity contribution in [2.45, 2.75) is 13.5 Å². The molecule has 0 saturated heterocycles. The zero-order valence-corrected chi connectivity index (χ0v) is 19.4. The molecule has 4 aromatic rings. The molecule has 0 aliphatic carbocycles. The maximum Gasteiger partial charge on any atom is 0.236 e. The number of hydrogen-bond acceptors (Lipinski definition) is 10. The van der Waals surface area contributed by atoms with Crippen molar-refractivity contribution in [1.82, 2.24) is 29.2 Å². The van der Waals surface area contributed by atoms with E-state index < -0.39 is 16.8 Å². The van der Waals surface area contributed by atoms with Gasteiger partial charge < -0.3 is 19.3 Å². The minimum absolute atomic E-state index is 0.0179. The molecule has 0 spiro atoms. The van der Waals surface area contributed by atoms with Crippen LogP contribution in [0.2, 0.25) is 0 Å². The highest BCUT2D eigenvalue weighted by atomic mass is 32.2. The second-order valence-electron chi connectivity index (χ2n) is 6.81. The summed E-state index contributed by atoms with van der Waals surface area (Å²) in [7, 11) is 0.133. The molecule has 2 N–H and O–H groups in total. The molecule has 0 radical (unpaired) electrons. The summed E-state index contributed by atoms with van der Waals surface area (Å²) in [6.45, 7) is 2.03. The molecule has 4 rings (SSSR count). The van der Waals surface area contributed by atoms with Crippen LogP contribution in [0.1, 0.15) is 12.6 Å². The highest BCUT2D eigenvalue weighted by Crippen LogP contribution is 2.38. The van der Waals surface area contributed by atoms with Crippen molar-refractivity contribution in [3.8, 4) is 40.5 Å². The third-order valence-corrected chi connectivity index (χ3v) is 5.21. The van der Waals surface area contributed by atoms with Crippen molar-refractivity contribution in [3.63, 3.8) is 0 Å². The number of nitrogens with zero attached hydrogens (tertiary/aromatic N) is 5. The zero-order valence-electron chi connectivity index (χ0n) is 18.6. The van der Waals surface area contributed by atoms with Gasteiger partial charge in [-0.15, -0.1) is 0 Å². The Morgan fingerprint density at radius 3 is 2.35 bits per heavy atom. The van der Waals surface area contributed by atoms with Crippen LogP contribution in [-0.4, -0.2) is 58.9 Å². The zero-order chi connectivity index (χ0) is 24.2. The van der Waals surface area contributed by atoms with Crippen molar-refractivity contribution in [2.24, 2.45) is 0 Å². The van der Waals surface area contributed by atoms with Gasteiger partial charge in [0.1, 0.15) is 28.6 Å². The highest BCUT2D eigenvalue weighted by molar-refractivity contribution is 7.70. The Labute approximate surface area is 196 Å². The van der Waals surface area contributed by atoms with Gasteiger partial charge in [-0.25, -0.2) is 28.1 Å². The van der Waals surface area contributed by atoms with Crippen LogP contribution in [0.4, 0.5) is 0 Å². The van der Waals surface area contributed by atoms with E-state index in [4.69, 9.17) is 14.2 Å². The van der Waals surface area contributed by atoms with Crippen LogP contribution < -0.4 is 18.9 Å². The molecule has 12 nitrogen and oxygen atoms in total. The average molecular weight is 487 g/mol. The number of para-hydroxylation sites is 1. The highest BCUT2D eigenvalue weighted by Gasteiger charge is 2.25. The first kappa shape index (κ1) is 23.2. The number of pyridine rings is 1. The van der Waals surface area contributed by atoms with Crippen LogP contribution in [-0.2, 0) is 17.4 Å². The third kappa shape index (κ3) is 4.43. The number of imidazole rings is 1. The maximum atomic E-state index is 11.0. The Morgan fingerprint density at radius 1 is 1.00 bits per heavy atom. The lowest BCUT2D eigenvalue weighted by atomic mass is 10.2. The molecular weight excluding hydrogens is 464 g/mol. The van der Waals surface area contributed by atoms with E-state index in [-0.39, 0.29) is 23.5 Å². The van der Waals surface area contributed by atoms with Gasteiger partial charge >= 0.3 is 0 Å². The lowest BCUT2D eigenvalue weighted by Crippen LogP contribution is -2.13. The van der Waals surface area contributed by atoms with Gasteiger partial charge in [0.2, 0.25) is 28.3 Å². The number of rotatable bonds is 9. The molecule has 0 saturated carbocycles. The number of methoxy groups -OCH3 is 2. The molecule has 0 aliphatic rings. The monoisotopic (exact) mass is 486 g/mol. The smallest absolute Gasteiger partial charge is 0.236 e. The summed E-state index contributed by atoms with van der Waals surface area (Å²) in [4.78, 5) is 17.7. The largest absolute Gasteiger partial charge is 0.494 e. The van der Waals surface area contributed by atoms with Crippen LogP contribution in [0.25, 0.3) is 28.5 Å². The fourth-order valence-electron chi connectivity index (χ4n) is 3.38. The van der Waals surface area contributed by atoms with Crippen molar-refractivity contribution in [2.75, 3.05) is 20.8 Å². The van der Waals surface area contributed by atoms with Crippen molar-refractivity contribution in [3.05, 3.63) is 42.1 Å². The van der Waals surface area contributed by atoms with Gasteiger partial charge in [-0.05, 0) is 25.1 Å². The summed E-state index contributed by atoms with van der Waals surface area (Å²) >= 11 is 0. The molecule has 3 aromatic heterocycles. The lowest BCUT2D eigenvalue weighted by molar-refractivity contribution is 0.327. The average Bonchev–Trinajstić information content (AvgIpc) is 3.19. The molecule has 34 heavy (non-hydrogen) atoms. The molecule has 178 valence electrons. The van der Waals surface area contributed by atoms with E-state index in [1.807, 2.05) is 6.92 Å². The number of aromatic nitrogens is 5. The second-order valence-corrected chi connectivity index (χ2v) is 7.64. The summed E-state index contributed by atoms with van der Waals surface area (Å²) in [6, 6.07) is 10.5. The quantitative estimate of drug-likeness (QED) is 0.298. The summed E-state index contributed by atoms with van der Waals surface area (Å²) < 4.78 is 42.6. The predicted molar refractivity (Wildman–Crippen MR) is 123 cm³/mol. The number of fused-ring (bicyclic) bond motifs is 1. The topological polar surface area (TPSA) is 151 Å². The number of thiol groups is 1. The van der Waals surface area contributed by atoms with Crippen molar-refractivity contribution < 1.29 is 27.7 Å². The fourth-order valence-corrected chi connectivity index (χ4v) is 3.66. The Balaban J connectivity index is 2.06. The number of ether oxygens (including phenoxy) is 3. The van der Waals surface area contributed by atoms with E-state index in [0.717, 1.165) is 0 Å². The number of hydrogen-bond donors (Lipinski definition) is 3. The summed E-state index contributed by atoms with van der Waals surface area (Å²) in [5, 5.41) is 10.3. The van der Waals surface area contributed by atoms with Gasteiger partial charge in [0, 0.05) is 6.07 Å². The first-order valence-electron chi connectivity index (χ1n) is 10.1. The minimum Gasteiger partial charge on any atom is -0.494 e. The fraction of sp³-hybridized carbons (Fsp3) is 0.238. The van der Waals surface area contributed by atoms with Crippen LogP contribution in [0.5, 0.6) is 23.3 Å². The molecule has 13 heteroatoms. The first-order valence-corrected chi connectivity index (χ1v) is 11.3. The maximum absolute atomic E-state index is 11.0. The lowest BCUT2D eigenvalue weighted by Gasteiger charge is -2.16. The van der Waals surface area contributed by atoms with Crippen LogP contribution in [0.15, 0.2) is 36.4 Å². The van der Waals surface area contributed by atoms with Gasteiger partial charge in [-0.3, -0.25) is 4.57 Å². The summed E-state index contributed by atoms with van der Waals surface area (Å²) in [5.41, 5.74) is 1.28. The van der Waals surface area contributed by atoms with E-state index in [1.54, 1.807) is 41.0 Å². The normalized spacial score (nSPS) is 11.2. The summed E-state index contributed by atoms with van der Waals surface area (Å²) in [5.74, 6) is 1.20. The van der Waals surface area contributed by atoms with Crippen LogP contribution in [0.3, 0.4) is 0 Å². The van der Waals surface area contributed by atoms with Gasteiger partial charge in [-0.1, -0.05) is 12.1 Å². The van der Waals surface area contributed by atoms with Crippen LogP contribution in [0, 0.1) is 0 Å². The van der Waals surface area contributed by atoms with E-state index >= 15 is 0 Å². The first-order chi connectivity index (χ1) is 16.5. The molecule has 0 aliphatic heterocycles. The Morgan fingerprint density at radius 2 is 1.71 bits per heavy atom. The minimum atomic E-state index is -2.90. The summed E-state index contributed by atoms with van der Waals surface area (Å²) in [6.07, 6.45) is 0. The van der Waals surface area contributed by atoms with Gasteiger partial charge in [0.25, 0.3) is 0 Å². The van der Waals surface area contributed by atoms with Gasteiger partial charge in [-0.2, -0.15) is 4.98 Å². The molecule has 3 heterocycles. The molecule has 0 unspecified atom stereocenters. The molecule has 0 atom stereocenters. The number of benzene rings is 1. The van der Waals surface area contributed by atoms with Crippen LogP contribution >= 0.6 is 0 Å². The van der Waals surface area contributed by atoms with Gasteiger partial charge in [0.05, 0.1) is 27.4 Å². The molecule has 0 amide bonds. The van der Waals surface area contributed by atoms with Crippen molar-refractivity contribution in [1.29, 1.82) is 0 Å². The standard InChI is InChI=1S/C21H22N6O6S/c1-4-33-16-10-5-7-12(23-16)19-25-18-20(24-13(21(28)26-18)11-22-34(29)30)27(19)17-14(31-2)8-6-9-15(17)32-3/h5-10,34H,4,11H2,1-3H3,(H,26,28)(H,22,29,30). The second kappa shape index (κ2) is 9.89.